The van der Waals surface area contributed by atoms with E-state index >= 15 is 0 Å². The van der Waals surface area contributed by atoms with E-state index in [9.17, 15) is 22.4 Å². The van der Waals surface area contributed by atoms with E-state index in [4.69, 9.17) is 0 Å². The number of carbonyl (C=O) groups excluding carboxylic acids is 1. The Hall–Kier alpha value is -2.90. The minimum Gasteiger partial charge on any atom is -0.331 e. The normalized spacial score (nSPS) is 14.8. The quantitative estimate of drug-likeness (QED) is 0.365. The molecule has 176 valence electrons. The van der Waals surface area contributed by atoms with E-state index < -0.39 is 23.5 Å². The van der Waals surface area contributed by atoms with Gasteiger partial charge >= 0.3 is 6.18 Å². The Morgan fingerprint density at radius 1 is 1.15 bits per heavy atom. The summed E-state index contributed by atoms with van der Waals surface area (Å²) in [7, 11) is 0. The second-order valence-electron chi connectivity index (χ2n) is 8.59. The molecule has 1 aliphatic rings. The molecule has 1 aliphatic carbocycles. The van der Waals surface area contributed by atoms with Crippen LogP contribution in [0.25, 0.3) is 11.0 Å². The van der Waals surface area contributed by atoms with Crippen LogP contribution >= 0.6 is 0 Å². The molecule has 1 aromatic heterocycles. The van der Waals surface area contributed by atoms with Crippen LogP contribution in [0.3, 0.4) is 0 Å². The molecule has 8 heteroatoms. The molecule has 0 N–H and O–H groups in total. The van der Waals surface area contributed by atoms with E-state index in [1.54, 1.807) is 6.07 Å². The van der Waals surface area contributed by atoms with Crippen LogP contribution < -0.4 is 0 Å². The van der Waals surface area contributed by atoms with Crippen molar-refractivity contribution >= 4 is 16.9 Å². The van der Waals surface area contributed by atoms with Gasteiger partial charge in [0.2, 0.25) is 0 Å². The number of imidazole rings is 1. The topological polar surface area (TPSA) is 38.1 Å². The average Bonchev–Trinajstić information content (AvgIpc) is 3.42. The van der Waals surface area contributed by atoms with Gasteiger partial charge < -0.3 is 9.47 Å². The van der Waals surface area contributed by atoms with E-state index in [1.165, 1.54) is 35.2 Å². The Labute approximate surface area is 190 Å². The number of benzene rings is 2. The van der Waals surface area contributed by atoms with Gasteiger partial charge in [-0.25, -0.2) is 9.37 Å². The number of carbonyl (C=O) groups is 1. The zero-order valence-corrected chi connectivity index (χ0v) is 18.5. The molecule has 0 unspecified atom stereocenters. The van der Waals surface area contributed by atoms with Crippen LogP contribution in [0, 0.1) is 5.82 Å². The molecule has 0 atom stereocenters. The van der Waals surface area contributed by atoms with Gasteiger partial charge in [0.05, 0.1) is 28.7 Å². The first kappa shape index (κ1) is 23.3. The van der Waals surface area contributed by atoms with E-state index in [-0.39, 0.29) is 18.2 Å². The maximum atomic E-state index is 13.9. The van der Waals surface area contributed by atoms with Gasteiger partial charge in [-0.3, -0.25) is 4.79 Å². The smallest absolute Gasteiger partial charge is 0.331 e. The third-order valence-corrected chi connectivity index (χ3v) is 6.28. The third kappa shape index (κ3) is 4.89. The molecule has 3 aromatic rings. The first-order valence-electron chi connectivity index (χ1n) is 11.4. The minimum atomic E-state index is -4.63. The van der Waals surface area contributed by atoms with Gasteiger partial charge in [-0.05, 0) is 43.5 Å². The number of aromatic nitrogens is 2. The van der Waals surface area contributed by atoms with Crippen LogP contribution in [0.4, 0.5) is 17.6 Å². The predicted molar refractivity (Wildman–Crippen MR) is 118 cm³/mol. The summed E-state index contributed by atoms with van der Waals surface area (Å²) in [6.07, 6.45) is 0.862. The van der Waals surface area contributed by atoms with Crippen molar-refractivity contribution in [3.05, 3.63) is 65.2 Å². The van der Waals surface area contributed by atoms with Crippen LogP contribution in [0.15, 0.2) is 42.5 Å². The zero-order valence-electron chi connectivity index (χ0n) is 18.5. The Morgan fingerprint density at radius 2 is 1.88 bits per heavy atom. The maximum Gasteiger partial charge on any atom is 0.417 e. The zero-order chi connectivity index (χ0) is 23.6. The molecule has 1 amide bonds. The minimum absolute atomic E-state index is 0.0673. The molecule has 1 saturated carbocycles. The lowest BCUT2D eigenvalue weighted by molar-refractivity contribution is -0.138. The lowest BCUT2D eigenvalue weighted by Crippen LogP contribution is -2.34. The van der Waals surface area contributed by atoms with Gasteiger partial charge in [0.15, 0.2) is 0 Å². The van der Waals surface area contributed by atoms with Gasteiger partial charge in [-0.15, -0.1) is 0 Å². The summed E-state index contributed by atoms with van der Waals surface area (Å²) in [4.78, 5) is 19.4. The van der Waals surface area contributed by atoms with Gasteiger partial charge in [0.25, 0.3) is 5.91 Å². The van der Waals surface area contributed by atoms with Crippen molar-refractivity contribution in [2.45, 2.75) is 64.2 Å². The average molecular weight is 462 g/mol. The highest BCUT2D eigenvalue weighted by Gasteiger charge is 2.36. The van der Waals surface area contributed by atoms with Crippen molar-refractivity contribution in [3.63, 3.8) is 0 Å². The molecule has 4 rings (SSSR count). The molecule has 2 aromatic carbocycles. The summed E-state index contributed by atoms with van der Waals surface area (Å²) in [6.45, 7) is 2.34. The van der Waals surface area contributed by atoms with E-state index in [0.717, 1.165) is 43.7 Å². The fourth-order valence-electron chi connectivity index (χ4n) is 4.66. The Bertz CT molecular complexity index is 1130. The molecule has 0 spiro atoms. The number of amides is 1. The van der Waals surface area contributed by atoms with Crippen molar-refractivity contribution in [1.29, 1.82) is 0 Å². The number of hydrogen-bond acceptors (Lipinski definition) is 2. The van der Waals surface area contributed by atoms with Gasteiger partial charge in [0, 0.05) is 18.7 Å². The highest BCUT2D eigenvalue weighted by molar-refractivity contribution is 5.96. The van der Waals surface area contributed by atoms with Crippen molar-refractivity contribution < 1.29 is 22.4 Å². The van der Waals surface area contributed by atoms with Gasteiger partial charge in [-0.2, -0.15) is 13.2 Å². The number of nitrogens with zero attached hydrogens (tertiary/aromatic N) is 3. The monoisotopic (exact) mass is 461 g/mol. The SMILES string of the molecule is CCCCN(Cc1nc2cc(F)ccc2n1C1CCCC1)C(=O)c1ccccc1C(F)(F)F. The number of unbranched alkanes of at least 4 members (excludes halogenated alkanes) is 1. The Balaban J connectivity index is 1.74. The van der Waals surface area contributed by atoms with E-state index in [0.29, 0.717) is 24.3 Å². The van der Waals surface area contributed by atoms with Crippen molar-refractivity contribution in [2.75, 3.05) is 6.54 Å². The molecular formula is C25H27F4N3O. The van der Waals surface area contributed by atoms with Crippen LogP contribution in [-0.2, 0) is 12.7 Å². The number of hydrogen-bond donors (Lipinski definition) is 0. The van der Waals surface area contributed by atoms with Crippen molar-refractivity contribution in [2.24, 2.45) is 0 Å². The summed E-state index contributed by atoms with van der Waals surface area (Å²) in [5.41, 5.74) is -0.0223. The summed E-state index contributed by atoms with van der Waals surface area (Å²) in [5, 5.41) is 0. The Kier molecular flexibility index (Phi) is 6.72. The largest absolute Gasteiger partial charge is 0.417 e. The molecule has 0 aliphatic heterocycles. The highest BCUT2D eigenvalue weighted by Crippen LogP contribution is 2.35. The number of halogens is 4. The fraction of sp³-hybridized carbons (Fsp3) is 0.440. The second-order valence-corrected chi connectivity index (χ2v) is 8.59. The molecule has 33 heavy (non-hydrogen) atoms. The fourth-order valence-corrected chi connectivity index (χ4v) is 4.66. The molecule has 1 heterocycles. The van der Waals surface area contributed by atoms with Gasteiger partial charge in [0.1, 0.15) is 11.6 Å². The third-order valence-electron chi connectivity index (χ3n) is 6.28. The van der Waals surface area contributed by atoms with Crippen LogP contribution in [0.5, 0.6) is 0 Å². The summed E-state index contributed by atoms with van der Waals surface area (Å²) >= 11 is 0. The highest BCUT2D eigenvalue weighted by atomic mass is 19.4. The lowest BCUT2D eigenvalue weighted by Gasteiger charge is -2.25. The van der Waals surface area contributed by atoms with Crippen LogP contribution in [0.2, 0.25) is 0 Å². The van der Waals surface area contributed by atoms with E-state index in [1.807, 2.05) is 6.92 Å². The summed E-state index contributed by atoms with van der Waals surface area (Å²) in [5.74, 6) is -0.493. The maximum absolute atomic E-state index is 13.9. The standard InChI is InChI=1S/C25H27F4N3O/c1-2-3-14-31(24(33)19-10-6-7-11-20(19)25(27,28)29)16-23-30-21-15-17(26)12-13-22(21)32(23)18-8-4-5-9-18/h6-7,10-13,15,18H,2-5,8-9,14,16H2,1H3. The first-order chi connectivity index (χ1) is 15.8. The van der Waals surface area contributed by atoms with Crippen LogP contribution in [-0.4, -0.2) is 26.9 Å². The van der Waals surface area contributed by atoms with Crippen molar-refractivity contribution in [3.8, 4) is 0 Å². The molecule has 0 saturated heterocycles. The second kappa shape index (κ2) is 9.53. The van der Waals surface area contributed by atoms with Crippen LogP contribution in [0.1, 0.15) is 73.2 Å². The molecular weight excluding hydrogens is 434 g/mol. The lowest BCUT2D eigenvalue weighted by atomic mass is 10.1. The Morgan fingerprint density at radius 3 is 2.58 bits per heavy atom. The number of fused-ring (bicyclic) bond motifs is 1. The van der Waals surface area contributed by atoms with Crippen molar-refractivity contribution in [1.82, 2.24) is 14.5 Å². The first-order valence-corrected chi connectivity index (χ1v) is 11.4. The molecule has 4 nitrogen and oxygen atoms in total. The number of rotatable bonds is 7. The molecule has 0 radical (unpaired) electrons. The summed E-state index contributed by atoms with van der Waals surface area (Å²) in [6, 6.07) is 9.50. The number of alkyl halides is 3. The van der Waals surface area contributed by atoms with Gasteiger partial charge in [-0.1, -0.05) is 38.3 Å². The molecule has 0 bridgehead atoms. The predicted octanol–water partition coefficient (Wildman–Crippen LogP) is 6.75. The summed E-state index contributed by atoms with van der Waals surface area (Å²) < 4.78 is 56.7. The molecule has 1 fully saturated rings. The van der Waals surface area contributed by atoms with E-state index in [2.05, 4.69) is 9.55 Å².